The highest BCUT2D eigenvalue weighted by Gasteiger charge is 2.21. The predicted octanol–water partition coefficient (Wildman–Crippen LogP) is 5.11. The number of para-hydroxylation sites is 1. The Hall–Kier alpha value is -3.78. The molecule has 1 aliphatic heterocycles. The first kappa shape index (κ1) is 21.5. The van der Waals surface area contributed by atoms with Gasteiger partial charge in [-0.25, -0.2) is 0 Å². The molecule has 0 saturated heterocycles. The maximum atomic E-state index is 10.8. The summed E-state index contributed by atoms with van der Waals surface area (Å²) in [6.45, 7) is 2.14. The van der Waals surface area contributed by atoms with Crippen molar-refractivity contribution in [1.82, 2.24) is 0 Å². The smallest absolute Gasteiger partial charge is 0.303 e. The number of benzene rings is 3. The van der Waals surface area contributed by atoms with Crippen molar-refractivity contribution in [2.24, 2.45) is 0 Å². The van der Waals surface area contributed by atoms with E-state index >= 15 is 0 Å². The Kier molecular flexibility index (Phi) is 6.72. The van der Waals surface area contributed by atoms with E-state index in [1.165, 1.54) is 5.56 Å². The lowest BCUT2D eigenvalue weighted by Crippen LogP contribution is -2.29. The molecule has 162 valence electrons. The minimum atomic E-state index is -0.782. The Balaban J connectivity index is 1.48. The van der Waals surface area contributed by atoms with Crippen LogP contribution in [0.4, 0.5) is 5.69 Å². The zero-order valence-electron chi connectivity index (χ0n) is 18.0. The fraction of sp³-hybridized carbons (Fsp3) is 0.259. The van der Waals surface area contributed by atoms with E-state index in [0.29, 0.717) is 18.6 Å². The normalized spacial score (nSPS) is 12.7. The zero-order chi connectivity index (χ0) is 22.3. The van der Waals surface area contributed by atoms with Gasteiger partial charge in [-0.3, -0.25) is 4.79 Å². The number of carboxylic acids is 1. The molecule has 1 heterocycles. The molecule has 0 unspecified atom stereocenters. The van der Waals surface area contributed by atoms with Gasteiger partial charge in [0.1, 0.15) is 12.4 Å². The van der Waals surface area contributed by atoms with Crippen molar-refractivity contribution >= 4 is 11.7 Å². The van der Waals surface area contributed by atoms with Crippen LogP contribution >= 0.6 is 0 Å². The van der Waals surface area contributed by atoms with Gasteiger partial charge in [0, 0.05) is 19.5 Å². The Bertz CT molecular complexity index is 1130. The maximum Gasteiger partial charge on any atom is 0.303 e. The number of fused-ring (bicyclic) bond motifs is 1. The van der Waals surface area contributed by atoms with Crippen molar-refractivity contribution in [2.75, 3.05) is 11.4 Å². The van der Waals surface area contributed by atoms with Gasteiger partial charge >= 0.3 is 5.97 Å². The number of carbonyl (C=O) groups is 1. The quantitative estimate of drug-likeness (QED) is 0.542. The SMILES string of the molecule is N#Cc1cccc(CN2CCCc3cccc(OCc4ccc(CCC(=O)O)cc4)c32)c1. The number of rotatable bonds is 8. The van der Waals surface area contributed by atoms with E-state index in [-0.39, 0.29) is 6.42 Å². The Morgan fingerprint density at radius 1 is 1.03 bits per heavy atom. The van der Waals surface area contributed by atoms with Crippen LogP contribution in [0.3, 0.4) is 0 Å². The first-order valence-corrected chi connectivity index (χ1v) is 10.9. The first-order chi connectivity index (χ1) is 15.6. The van der Waals surface area contributed by atoms with Gasteiger partial charge in [-0.2, -0.15) is 5.26 Å². The van der Waals surface area contributed by atoms with Gasteiger partial charge in [0.2, 0.25) is 0 Å². The molecule has 5 nitrogen and oxygen atoms in total. The van der Waals surface area contributed by atoms with Gasteiger partial charge in [0.05, 0.1) is 17.3 Å². The third-order valence-electron chi connectivity index (χ3n) is 5.75. The molecule has 0 bridgehead atoms. The monoisotopic (exact) mass is 426 g/mol. The average molecular weight is 427 g/mol. The van der Waals surface area contributed by atoms with Gasteiger partial charge in [0.15, 0.2) is 0 Å². The van der Waals surface area contributed by atoms with Crippen LogP contribution in [0.25, 0.3) is 0 Å². The minimum absolute atomic E-state index is 0.138. The number of aliphatic carboxylic acids is 1. The number of aryl methyl sites for hydroxylation is 2. The van der Waals surface area contributed by atoms with Crippen molar-refractivity contribution in [3.8, 4) is 11.8 Å². The third kappa shape index (κ3) is 5.28. The van der Waals surface area contributed by atoms with Gasteiger partial charge in [-0.15, -0.1) is 0 Å². The number of nitriles is 1. The molecule has 0 aliphatic carbocycles. The molecule has 3 aromatic rings. The van der Waals surface area contributed by atoms with E-state index in [1.807, 2.05) is 54.6 Å². The van der Waals surface area contributed by atoms with E-state index in [1.54, 1.807) is 0 Å². The molecule has 1 aliphatic rings. The van der Waals surface area contributed by atoms with Crippen LogP contribution < -0.4 is 9.64 Å². The molecule has 5 heteroatoms. The molecule has 0 fully saturated rings. The molecular weight excluding hydrogens is 400 g/mol. The summed E-state index contributed by atoms with van der Waals surface area (Å²) >= 11 is 0. The van der Waals surface area contributed by atoms with Crippen molar-refractivity contribution < 1.29 is 14.6 Å². The summed E-state index contributed by atoms with van der Waals surface area (Å²) in [6, 6.07) is 24.1. The molecule has 0 aromatic heterocycles. The summed E-state index contributed by atoms with van der Waals surface area (Å²) in [4.78, 5) is 13.1. The highest BCUT2D eigenvalue weighted by molar-refractivity contribution is 5.67. The number of ether oxygens (including phenoxy) is 1. The van der Waals surface area contributed by atoms with Gasteiger partial charge < -0.3 is 14.7 Å². The molecule has 32 heavy (non-hydrogen) atoms. The van der Waals surface area contributed by atoms with Crippen LogP contribution in [0.15, 0.2) is 66.7 Å². The van der Waals surface area contributed by atoms with Crippen molar-refractivity contribution in [2.45, 2.75) is 38.8 Å². The molecular formula is C27H26N2O3. The van der Waals surface area contributed by atoms with E-state index in [9.17, 15) is 10.1 Å². The fourth-order valence-electron chi connectivity index (χ4n) is 4.15. The largest absolute Gasteiger partial charge is 0.487 e. The van der Waals surface area contributed by atoms with Crippen LogP contribution in [0, 0.1) is 11.3 Å². The standard InChI is InChI=1S/C27H26N2O3/c28-17-22-4-1-5-23(16-22)18-29-15-3-7-24-6-2-8-25(27(24)29)32-19-21-11-9-20(10-12-21)13-14-26(30)31/h1-2,4-6,8-12,16H,3,7,13-15,18-19H2,(H,30,31). The van der Waals surface area contributed by atoms with Crippen molar-refractivity contribution in [3.05, 3.63) is 94.5 Å². The summed E-state index contributed by atoms with van der Waals surface area (Å²) in [7, 11) is 0. The number of anilines is 1. The zero-order valence-corrected chi connectivity index (χ0v) is 18.0. The predicted molar refractivity (Wildman–Crippen MR) is 124 cm³/mol. The second kappa shape index (κ2) is 10.0. The number of hydrogen-bond acceptors (Lipinski definition) is 4. The first-order valence-electron chi connectivity index (χ1n) is 10.9. The lowest BCUT2D eigenvalue weighted by atomic mass is 10.00. The molecule has 4 rings (SSSR count). The topological polar surface area (TPSA) is 73.6 Å². The van der Waals surface area contributed by atoms with E-state index < -0.39 is 5.97 Å². The Labute approximate surface area is 188 Å². The molecule has 0 amide bonds. The van der Waals surface area contributed by atoms with Crippen LogP contribution in [0.1, 0.15) is 40.7 Å². The summed E-state index contributed by atoms with van der Waals surface area (Å²) in [5, 5.41) is 18.0. The molecule has 0 atom stereocenters. The summed E-state index contributed by atoms with van der Waals surface area (Å²) in [5.41, 5.74) is 6.28. The van der Waals surface area contributed by atoms with E-state index in [4.69, 9.17) is 9.84 Å². The number of carboxylic acid groups (broad SMARTS) is 1. The van der Waals surface area contributed by atoms with Gasteiger partial charge in [-0.1, -0.05) is 48.5 Å². The highest BCUT2D eigenvalue weighted by Crippen LogP contribution is 2.37. The Morgan fingerprint density at radius 3 is 2.59 bits per heavy atom. The third-order valence-corrected chi connectivity index (χ3v) is 5.75. The molecule has 1 N–H and O–H groups in total. The average Bonchev–Trinajstić information content (AvgIpc) is 2.82. The minimum Gasteiger partial charge on any atom is -0.487 e. The molecule has 0 spiro atoms. The van der Waals surface area contributed by atoms with Crippen LogP contribution in [-0.2, 0) is 30.8 Å². The molecule has 0 radical (unpaired) electrons. The summed E-state index contributed by atoms with van der Waals surface area (Å²) < 4.78 is 6.25. The summed E-state index contributed by atoms with van der Waals surface area (Å²) in [6.07, 6.45) is 2.79. The second-order valence-electron chi connectivity index (χ2n) is 8.10. The number of hydrogen-bond donors (Lipinski definition) is 1. The maximum absolute atomic E-state index is 10.8. The summed E-state index contributed by atoms with van der Waals surface area (Å²) in [5.74, 6) is 0.0868. The van der Waals surface area contributed by atoms with Crippen molar-refractivity contribution in [1.29, 1.82) is 5.26 Å². The van der Waals surface area contributed by atoms with E-state index in [2.05, 4.69) is 23.1 Å². The van der Waals surface area contributed by atoms with E-state index in [0.717, 1.165) is 54.1 Å². The van der Waals surface area contributed by atoms with Crippen LogP contribution in [0.5, 0.6) is 5.75 Å². The Morgan fingerprint density at radius 2 is 1.81 bits per heavy atom. The van der Waals surface area contributed by atoms with Gasteiger partial charge in [0.25, 0.3) is 0 Å². The van der Waals surface area contributed by atoms with Crippen LogP contribution in [-0.4, -0.2) is 17.6 Å². The fourth-order valence-corrected chi connectivity index (χ4v) is 4.15. The number of nitrogens with zero attached hydrogens (tertiary/aromatic N) is 2. The van der Waals surface area contributed by atoms with Crippen molar-refractivity contribution in [3.63, 3.8) is 0 Å². The molecule has 3 aromatic carbocycles. The molecule has 0 saturated carbocycles. The lowest BCUT2D eigenvalue weighted by Gasteiger charge is -2.33. The van der Waals surface area contributed by atoms with Crippen LogP contribution in [0.2, 0.25) is 0 Å². The van der Waals surface area contributed by atoms with Gasteiger partial charge in [-0.05, 0) is 59.7 Å². The lowest BCUT2D eigenvalue weighted by molar-refractivity contribution is -0.136. The highest BCUT2D eigenvalue weighted by atomic mass is 16.5. The second-order valence-corrected chi connectivity index (χ2v) is 8.10.